The molecule has 5 nitrogen and oxygen atoms in total. The number of rotatable bonds is 5. The largest absolute Gasteiger partial charge is 0.451 e. The molecule has 96 valence electrons. The zero-order valence-electron chi connectivity index (χ0n) is 9.03. The third-order valence-electron chi connectivity index (χ3n) is 1.74. The molecule has 0 bridgehead atoms. The molecule has 1 N–H and O–H groups in total. The van der Waals surface area contributed by atoms with Crippen LogP contribution in [-0.2, 0) is 9.53 Å². The van der Waals surface area contributed by atoms with E-state index in [1.165, 1.54) is 11.3 Å². The minimum Gasteiger partial charge on any atom is -0.451 e. The van der Waals surface area contributed by atoms with Gasteiger partial charge in [0.2, 0.25) is 0 Å². The van der Waals surface area contributed by atoms with Crippen LogP contribution in [0.2, 0.25) is 0 Å². The molecule has 0 saturated carbocycles. The molecule has 0 saturated heterocycles. The number of ether oxygens (including phenoxy) is 1. The first-order chi connectivity index (χ1) is 8.54. The predicted molar refractivity (Wildman–Crippen MR) is 73.2 cm³/mol. The van der Waals surface area contributed by atoms with Gasteiger partial charge >= 0.3 is 5.97 Å². The molecule has 0 unspecified atom stereocenters. The molecular formula is C10H8Br2N2O3S. The lowest BCUT2D eigenvalue weighted by molar-refractivity contribution is -0.124. The van der Waals surface area contributed by atoms with Gasteiger partial charge in [0.25, 0.3) is 5.91 Å². The summed E-state index contributed by atoms with van der Waals surface area (Å²) in [6.07, 6.45) is 0.227. The van der Waals surface area contributed by atoms with Gasteiger partial charge in [-0.05, 0) is 37.9 Å². The molecule has 0 radical (unpaired) electrons. The minimum absolute atomic E-state index is 0.227. The molecule has 0 spiro atoms. The maximum atomic E-state index is 11.6. The van der Waals surface area contributed by atoms with E-state index >= 15 is 0 Å². The molecule has 1 aromatic heterocycles. The van der Waals surface area contributed by atoms with Crippen molar-refractivity contribution in [1.82, 2.24) is 5.32 Å². The summed E-state index contributed by atoms with van der Waals surface area (Å²) in [4.78, 5) is 23.2. The average Bonchev–Trinajstić information content (AvgIpc) is 2.67. The van der Waals surface area contributed by atoms with Crippen LogP contribution in [-0.4, -0.2) is 25.0 Å². The Kier molecular flexibility index (Phi) is 6.32. The summed E-state index contributed by atoms with van der Waals surface area (Å²) in [5.74, 6) is -0.977. The smallest absolute Gasteiger partial charge is 0.348 e. The molecule has 18 heavy (non-hydrogen) atoms. The highest BCUT2D eigenvalue weighted by Gasteiger charge is 2.14. The van der Waals surface area contributed by atoms with Crippen molar-refractivity contribution in [2.45, 2.75) is 6.42 Å². The molecule has 0 aliphatic heterocycles. The van der Waals surface area contributed by atoms with Crippen LogP contribution in [0.4, 0.5) is 0 Å². The fourth-order valence-corrected chi connectivity index (χ4v) is 2.89. The van der Waals surface area contributed by atoms with Crippen molar-refractivity contribution in [1.29, 1.82) is 5.26 Å². The lowest BCUT2D eigenvalue weighted by Gasteiger charge is -2.03. The first kappa shape index (κ1) is 15.1. The Balaban J connectivity index is 2.37. The Bertz CT molecular complexity index is 476. The number of nitrogens with zero attached hydrogens (tertiary/aromatic N) is 1. The standard InChI is InChI=1S/C10H8Br2N2O3S/c11-6-4-7(18-9(6)12)10(16)17-5-8(15)14-3-1-2-13/h4H,1,3,5H2,(H,14,15). The molecule has 0 aromatic carbocycles. The molecule has 8 heteroatoms. The Morgan fingerprint density at radius 3 is 2.78 bits per heavy atom. The van der Waals surface area contributed by atoms with Crippen LogP contribution < -0.4 is 5.32 Å². The summed E-state index contributed by atoms with van der Waals surface area (Å²) in [6, 6.07) is 3.51. The summed E-state index contributed by atoms with van der Waals surface area (Å²) >= 11 is 7.73. The molecule has 1 aromatic rings. The lowest BCUT2D eigenvalue weighted by Crippen LogP contribution is -2.29. The maximum absolute atomic E-state index is 11.6. The third kappa shape index (κ3) is 4.76. The zero-order valence-corrected chi connectivity index (χ0v) is 13.0. The van der Waals surface area contributed by atoms with E-state index in [1.807, 2.05) is 6.07 Å². The fraction of sp³-hybridized carbons (Fsp3) is 0.300. The second kappa shape index (κ2) is 7.51. The molecule has 0 atom stereocenters. The Morgan fingerprint density at radius 1 is 1.50 bits per heavy atom. The minimum atomic E-state index is -0.554. The van der Waals surface area contributed by atoms with Crippen molar-refractivity contribution < 1.29 is 14.3 Å². The van der Waals surface area contributed by atoms with Crippen molar-refractivity contribution in [3.63, 3.8) is 0 Å². The van der Waals surface area contributed by atoms with Gasteiger partial charge in [0.1, 0.15) is 4.88 Å². The number of esters is 1. The highest BCUT2D eigenvalue weighted by molar-refractivity contribution is 9.13. The summed E-state index contributed by atoms with van der Waals surface area (Å²) in [6.45, 7) is -0.0968. The van der Waals surface area contributed by atoms with Crippen LogP contribution in [0.5, 0.6) is 0 Å². The van der Waals surface area contributed by atoms with E-state index in [2.05, 4.69) is 37.2 Å². The molecule has 0 fully saturated rings. The normalized spacial score (nSPS) is 9.61. The average molecular weight is 396 g/mol. The summed E-state index contributed by atoms with van der Waals surface area (Å²) in [5, 5.41) is 10.7. The number of carbonyl (C=O) groups is 2. The van der Waals surface area contributed by atoms with Gasteiger partial charge in [-0.2, -0.15) is 5.26 Å². The van der Waals surface area contributed by atoms with Gasteiger partial charge in [0.05, 0.1) is 16.3 Å². The first-order valence-corrected chi connectivity index (χ1v) is 7.20. The number of amides is 1. The quantitative estimate of drug-likeness (QED) is 0.613. The van der Waals surface area contributed by atoms with Crippen molar-refractivity contribution in [3.05, 3.63) is 19.2 Å². The van der Waals surface area contributed by atoms with Gasteiger partial charge in [0, 0.05) is 11.0 Å². The van der Waals surface area contributed by atoms with Crippen LogP contribution in [0.1, 0.15) is 16.1 Å². The van der Waals surface area contributed by atoms with Gasteiger partial charge in [-0.1, -0.05) is 0 Å². The SMILES string of the molecule is N#CCCNC(=O)COC(=O)c1cc(Br)c(Br)s1. The predicted octanol–water partition coefficient (Wildman–Crippen LogP) is 2.46. The van der Waals surface area contributed by atoms with E-state index in [0.29, 0.717) is 4.88 Å². The first-order valence-electron chi connectivity index (χ1n) is 4.80. The third-order valence-corrected chi connectivity index (χ3v) is 4.98. The van der Waals surface area contributed by atoms with E-state index < -0.39 is 11.9 Å². The van der Waals surface area contributed by atoms with Gasteiger partial charge in [-0.25, -0.2) is 4.79 Å². The van der Waals surface area contributed by atoms with Gasteiger partial charge in [-0.3, -0.25) is 4.79 Å². The van der Waals surface area contributed by atoms with Gasteiger partial charge in [-0.15, -0.1) is 11.3 Å². The number of hydrogen-bond acceptors (Lipinski definition) is 5. The van der Waals surface area contributed by atoms with Gasteiger partial charge < -0.3 is 10.1 Å². The highest BCUT2D eigenvalue weighted by Crippen LogP contribution is 2.32. The Morgan fingerprint density at radius 2 is 2.22 bits per heavy atom. The second-order valence-corrected chi connectivity index (χ2v) is 6.29. The zero-order chi connectivity index (χ0) is 13.5. The fourth-order valence-electron chi connectivity index (χ4n) is 0.958. The number of nitriles is 1. The van der Waals surface area contributed by atoms with Crippen molar-refractivity contribution in [2.24, 2.45) is 0 Å². The Labute approximate surface area is 124 Å². The molecule has 0 aliphatic carbocycles. The summed E-state index contributed by atoms with van der Waals surface area (Å²) in [7, 11) is 0. The number of nitrogens with one attached hydrogen (secondary N) is 1. The Hall–Kier alpha value is -0.910. The molecule has 0 aliphatic rings. The summed E-state index contributed by atoms with van der Waals surface area (Å²) in [5.41, 5.74) is 0. The van der Waals surface area contributed by atoms with Crippen LogP contribution in [0.15, 0.2) is 14.3 Å². The number of hydrogen-bond donors (Lipinski definition) is 1. The van der Waals surface area contributed by atoms with Gasteiger partial charge in [0.15, 0.2) is 6.61 Å². The monoisotopic (exact) mass is 394 g/mol. The molecule has 1 rings (SSSR count). The van der Waals surface area contributed by atoms with E-state index in [-0.39, 0.29) is 19.6 Å². The topological polar surface area (TPSA) is 79.2 Å². The second-order valence-electron chi connectivity index (χ2n) is 3.07. The molecular weight excluding hydrogens is 388 g/mol. The lowest BCUT2D eigenvalue weighted by atomic mass is 10.4. The number of halogens is 2. The van der Waals surface area contributed by atoms with E-state index in [4.69, 9.17) is 10.00 Å². The van der Waals surface area contributed by atoms with E-state index in [9.17, 15) is 9.59 Å². The number of carbonyl (C=O) groups excluding carboxylic acids is 2. The highest BCUT2D eigenvalue weighted by atomic mass is 79.9. The van der Waals surface area contributed by atoms with Crippen LogP contribution in [0.25, 0.3) is 0 Å². The summed E-state index contributed by atoms with van der Waals surface area (Å²) < 4.78 is 6.37. The van der Waals surface area contributed by atoms with Crippen LogP contribution in [0.3, 0.4) is 0 Å². The molecule has 1 heterocycles. The van der Waals surface area contributed by atoms with E-state index in [1.54, 1.807) is 6.07 Å². The van der Waals surface area contributed by atoms with Crippen LogP contribution in [0, 0.1) is 11.3 Å². The van der Waals surface area contributed by atoms with Crippen LogP contribution >= 0.6 is 43.2 Å². The van der Waals surface area contributed by atoms with Crippen molar-refractivity contribution in [2.75, 3.05) is 13.2 Å². The van der Waals surface area contributed by atoms with Crippen molar-refractivity contribution >= 4 is 55.1 Å². The molecule has 1 amide bonds. The number of thiophene rings is 1. The maximum Gasteiger partial charge on any atom is 0.348 e. The van der Waals surface area contributed by atoms with Crippen molar-refractivity contribution in [3.8, 4) is 6.07 Å². The van der Waals surface area contributed by atoms with E-state index in [0.717, 1.165) is 8.26 Å².